The molecule has 1 heterocycles. The second-order valence-electron chi connectivity index (χ2n) is 8.29. The molecule has 4 aromatic rings. The Hall–Kier alpha value is -2.98. The number of nitrogens with zero attached hydrogens (tertiary/aromatic N) is 1. The van der Waals surface area contributed by atoms with Gasteiger partial charge < -0.3 is 10.3 Å². The Morgan fingerprint density at radius 3 is 2.19 bits per heavy atom. The molecule has 0 fully saturated rings. The fourth-order valence-electron chi connectivity index (χ4n) is 4.37. The molecule has 1 amide bonds. The molecule has 0 bridgehead atoms. The number of amides is 1. The molecule has 4 rings (SSSR count). The summed E-state index contributed by atoms with van der Waals surface area (Å²) in [5, 5.41) is 0.926. The molecule has 0 spiro atoms. The molecule has 2 N–H and O–H groups in total. The van der Waals surface area contributed by atoms with Crippen LogP contribution in [0.2, 0.25) is 0 Å². The number of hydrogen-bond acceptors (Lipinski definition) is 2. The van der Waals surface area contributed by atoms with E-state index in [9.17, 15) is 4.79 Å². The van der Waals surface area contributed by atoms with Crippen LogP contribution in [0, 0.1) is 27.7 Å². The van der Waals surface area contributed by atoms with Gasteiger partial charge in [0.05, 0.1) is 5.56 Å². The maximum Gasteiger partial charge on any atom is 0.251 e. The highest BCUT2D eigenvalue weighted by Crippen LogP contribution is 2.35. The molecule has 0 radical (unpaired) electrons. The van der Waals surface area contributed by atoms with Gasteiger partial charge in [-0.15, -0.1) is 11.8 Å². The van der Waals surface area contributed by atoms with Crippen molar-refractivity contribution < 1.29 is 4.79 Å². The monoisotopic (exact) mass is 428 g/mol. The number of carbonyl (C=O) groups is 1. The first-order valence-corrected chi connectivity index (χ1v) is 11.5. The van der Waals surface area contributed by atoms with E-state index in [4.69, 9.17) is 5.73 Å². The van der Waals surface area contributed by atoms with Gasteiger partial charge in [-0.1, -0.05) is 65.7 Å². The van der Waals surface area contributed by atoms with Crippen molar-refractivity contribution in [2.75, 3.05) is 0 Å². The lowest BCUT2D eigenvalue weighted by atomic mass is 10.1. The number of hydrogen-bond donors (Lipinski definition) is 1. The number of para-hydroxylation sites is 1. The summed E-state index contributed by atoms with van der Waals surface area (Å²) in [5.41, 5.74) is 14.8. The molecular formula is C27H28N2OS. The van der Waals surface area contributed by atoms with Gasteiger partial charge in [0, 0.05) is 33.8 Å². The predicted octanol–water partition coefficient (Wildman–Crippen LogP) is 6.31. The van der Waals surface area contributed by atoms with E-state index in [1.54, 1.807) is 11.8 Å². The van der Waals surface area contributed by atoms with Gasteiger partial charge in [-0.25, -0.2) is 0 Å². The summed E-state index contributed by atoms with van der Waals surface area (Å²) in [6.45, 7) is 9.22. The zero-order valence-electron chi connectivity index (χ0n) is 18.5. The Morgan fingerprint density at radius 1 is 0.903 bits per heavy atom. The Balaban J connectivity index is 1.81. The molecule has 31 heavy (non-hydrogen) atoms. The Kier molecular flexibility index (Phi) is 5.92. The number of aryl methyl sites for hydroxylation is 4. The van der Waals surface area contributed by atoms with Crippen LogP contribution in [0.1, 0.15) is 43.9 Å². The summed E-state index contributed by atoms with van der Waals surface area (Å²) in [6.07, 6.45) is 0. The molecule has 0 saturated carbocycles. The van der Waals surface area contributed by atoms with Crippen molar-refractivity contribution in [2.24, 2.45) is 5.73 Å². The van der Waals surface area contributed by atoms with Gasteiger partial charge in [-0.05, 0) is 50.5 Å². The third kappa shape index (κ3) is 4.26. The van der Waals surface area contributed by atoms with Crippen LogP contribution in [-0.4, -0.2) is 10.5 Å². The normalized spacial score (nSPS) is 11.2. The lowest BCUT2D eigenvalue weighted by Gasteiger charge is -2.15. The largest absolute Gasteiger partial charge is 0.366 e. The van der Waals surface area contributed by atoms with E-state index < -0.39 is 0 Å². The van der Waals surface area contributed by atoms with E-state index in [-0.39, 0.29) is 5.91 Å². The lowest BCUT2D eigenvalue weighted by molar-refractivity contribution is 0.100. The Morgan fingerprint density at radius 2 is 1.55 bits per heavy atom. The number of thioether (sulfide) groups is 1. The minimum atomic E-state index is -0.369. The quantitative estimate of drug-likeness (QED) is 0.366. The van der Waals surface area contributed by atoms with E-state index in [1.165, 1.54) is 32.7 Å². The first-order chi connectivity index (χ1) is 14.8. The lowest BCUT2D eigenvalue weighted by Crippen LogP contribution is -2.14. The Labute approximate surface area is 188 Å². The van der Waals surface area contributed by atoms with Gasteiger partial charge in [0.25, 0.3) is 5.91 Å². The predicted molar refractivity (Wildman–Crippen MR) is 131 cm³/mol. The molecule has 3 nitrogen and oxygen atoms in total. The molecule has 0 aliphatic heterocycles. The van der Waals surface area contributed by atoms with Crippen LogP contribution in [0.4, 0.5) is 0 Å². The maximum absolute atomic E-state index is 12.5. The minimum Gasteiger partial charge on any atom is -0.366 e. The third-order valence-corrected chi connectivity index (χ3v) is 7.09. The van der Waals surface area contributed by atoms with Gasteiger partial charge >= 0.3 is 0 Å². The van der Waals surface area contributed by atoms with Crippen LogP contribution in [0.5, 0.6) is 0 Å². The second-order valence-corrected chi connectivity index (χ2v) is 9.28. The van der Waals surface area contributed by atoms with Crippen molar-refractivity contribution in [1.82, 2.24) is 4.57 Å². The first kappa shape index (κ1) is 21.3. The van der Waals surface area contributed by atoms with E-state index in [2.05, 4.69) is 74.7 Å². The van der Waals surface area contributed by atoms with Crippen LogP contribution in [-0.2, 0) is 12.3 Å². The van der Waals surface area contributed by atoms with Crippen molar-refractivity contribution in [2.45, 2.75) is 44.9 Å². The molecule has 1 aromatic heterocycles. The van der Waals surface area contributed by atoms with E-state index in [0.29, 0.717) is 17.9 Å². The van der Waals surface area contributed by atoms with Crippen molar-refractivity contribution in [3.8, 4) is 0 Å². The zero-order valence-corrected chi connectivity index (χ0v) is 19.3. The van der Waals surface area contributed by atoms with Crippen LogP contribution in [0.15, 0.2) is 65.6 Å². The number of nitrogens with two attached hydrogens (primary N) is 1. The van der Waals surface area contributed by atoms with E-state index >= 15 is 0 Å². The molecule has 0 aliphatic rings. The van der Waals surface area contributed by atoms with Gasteiger partial charge in [-0.3, -0.25) is 4.79 Å². The molecule has 0 saturated heterocycles. The van der Waals surface area contributed by atoms with Gasteiger partial charge in [0.1, 0.15) is 0 Å². The standard InChI is InChI=1S/C27H28N2OS/c1-17-9-11-21(12-10-17)15-29-23-8-6-5-7-22(23)25(27(28)30)24(29)16-31-26-19(3)13-18(2)14-20(26)4/h5-14H,15-16H2,1-4H3,(H2,28,30). The smallest absolute Gasteiger partial charge is 0.251 e. The van der Waals surface area contributed by atoms with E-state index in [1.807, 2.05) is 18.2 Å². The van der Waals surface area contributed by atoms with Crippen molar-refractivity contribution in [1.29, 1.82) is 0 Å². The van der Waals surface area contributed by atoms with Gasteiger partial charge in [-0.2, -0.15) is 0 Å². The molecule has 0 aliphatic carbocycles. The summed E-state index contributed by atoms with van der Waals surface area (Å²) in [7, 11) is 0. The van der Waals surface area contributed by atoms with Crippen LogP contribution in [0.3, 0.4) is 0 Å². The highest BCUT2D eigenvalue weighted by molar-refractivity contribution is 7.98. The van der Waals surface area contributed by atoms with Crippen molar-refractivity contribution in [3.63, 3.8) is 0 Å². The summed E-state index contributed by atoms with van der Waals surface area (Å²) < 4.78 is 2.26. The van der Waals surface area contributed by atoms with Crippen molar-refractivity contribution in [3.05, 3.63) is 99.7 Å². The summed E-state index contributed by atoms with van der Waals surface area (Å²) in [5.74, 6) is 0.315. The molecule has 0 unspecified atom stereocenters. The van der Waals surface area contributed by atoms with Gasteiger partial charge in [0.2, 0.25) is 0 Å². The molecule has 3 aromatic carbocycles. The number of carbonyl (C=O) groups excluding carboxylic acids is 1. The minimum absolute atomic E-state index is 0.369. The molecule has 4 heteroatoms. The Bertz CT molecular complexity index is 1250. The summed E-state index contributed by atoms with van der Waals surface area (Å²) in [6, 6.07) is 21.0. The number of primary amides is 1. The highest BCUT2D eigenvalue weighted by atomic mass is 32.2. The average Bonchev–Trinajstić information content (AvgIpc) is 3.02. The summed E-state index contributed by atoms with van der Waals surface area (Å²) >= 11 is 1.78. The number of benzene rings is 3. The summed E-state index contributed by atoms with van der Waals surface area (Å²) in [4.78, 5) is 13.8. The SMILES string of the molecule is Cc1ccc(Cn2c(CSc3c(C)cc(C)cc3C)c(C(N)=O)c3ccccc32)cc1. The highest BCUT2D eigenvalue weighted by Gasteiger charge is 2.21. The molecule has 158 valence electrons. The maximum atomic E-state index is 12.5. The fourth-order valence-corrected chi connectivity index (χ4v) is 5.53. The number of rotatable bonds is 6. The first-order valence-electron chi connectivity index (χ1n) is 10.5. The number of aromatic nitrogens is 1. The average molecular weight is 429 g/mol. The van der Waals surface area contributed by atoms with Crippen LogP contribution >= 0.6 is 11.8 Å². The fraction of sp³-hybridized carbons (Fsp3) is 0.222. The molecule has 0 atom stereocenters. The van der Waals surface area contributed by atoms with Crippen molar-refractivity contribution >= 4 is 28.6 Å². The topological polar surface area (TPSA) is 48.0 Å². The van der Waals surface area contributed by atoms with E-state index in [0.717, 1.165) is 16.6 Å². The second kappa shape index (κ2) is 8.64. The van der Waals surface area contributed by atoms with Crippen LogP contribution < -0.4 is 5.73 Å². The molecular weight excluding hydrogens is 400 g/mol. The van der Waals surface area contributed by atoms with Gasteiger partial charge in [0.15, 0.2) is 0 Å². The third-order valence-electron chi connectivity index (χ3n) is 5.74. The zero-order chi connectivity index (χ0) is 22.1. The van der Waals surface area contributed by atoms with Crippen LogP contribution in [0.25, 0.3) is 10.9 Å². The number of fused-ring (bicyclic) bond motifs is 1.